The normalized spacial score (nSPS) is 19.0. The van der Waals surface area contributed by atoms with E-state index in [-0.39, 0.29) is 23.7 Å². The molecule has 2 aliphatic rings. The van der Waals surface area contributed by atoms with Gasteiger partial charge in [0.2, 0.25) is 11.8 Å². The Morgan fingerprint density at radius 3 is 2.42 bits per heavy atom. The van der Waals surface area contributed by atoms with E-state index in [1.54, 1.807) is 0 Å². The second-order valence-corrected chi connectivity index (χ2v) is 6.85. The summed E-state index contributed by atoms with van der Waals surface area (Å²) in [5.41, 5.74) is 5.11. The van der Waals surface area contributed by atoms with Gasteiger partial charge in [-0.05, 0) is 50.3 Å². The lowest BCUT2D eigenvalue weighted by molar-refractivity contribution is -0.125. The molecule has 0 aliphatic heterocycles. The van der Waals surface area contributed by atoms with Crippen LogP contribution in [0.25, 0.3) is 0 Å². The Morgan fingerprint density at radius 1 is 1.00 bits per heavy atom. The van der Waals surface area contributed by atoms with E-state index in [9.17, 15) is 9.59 Å². The highest BCUT2D eigenvalue weighted by Gasteiger charge is 2.29. The minimum absolute atomic E-state index is 0.0206. The molecule has 0 spiro atoms. The van der Waals surface area contributed by atoms with Crippen LogP contribution in [0.15, 0.2) is 29.4 Å². The topological polar surface area (TPSA) is 70.6 Å². The van der Waals surface area contributed by atoms with E-state index in [2.05, 4.69) is 15.8 Å². The largest absolute Gasteiger partial charge is 0.326 e. The average Bonchev–Trinajstić information content (AvgIpc) is 3.45. The monoisotopic (exact) mass is 327 g/mol. The molecule has 2 saturated carbocycles. The molecular formula is C19H25N3O2. The van der Waals surface area contributed by atoms with Crippen molar-refractivity contribution in [2.45, 2.75) is 51.9 Å². The van der Waals surface area contributed by atoms with Crippen molar-refractivity contribution in [2.24, 2.45) is 16.9 Å². The molecule has 2 amide bonds. The van der Waals surface area contributed by atoms with Gasteiger partial charge in [0, 0.05) is 17.5 Å². The molecule has 5 heteroatoms. The van der Waals surface area contributed by atoms with Crippen LogP contribution in [0.2, 0.25) is 0 Å². The predicted molar refractivity (Wildman–Crippen MR) is 94.7 cm³/mol. The number of hydrogen-bond donors (Lipinski definition) is 2. The zero-order chi connectivity index (χ0) is 16.9. The summed E-state index contributed by atoms with van der Waals surface area (Å²) in [5.74, 6) is 0.386. The SMILES string of the molecule is CC(=NNC(=O)C1CCCCC1)c1cccc(NC(=O)C2CC2)c1. The van der Waals surface area contributed by atoms with Gasteiger partial charge in [-0.2, -0.15) is 5.10 Å². The summed E-state index contributed by atoms with van der Waals surface area (Å²) in [6, 6.07) is 7.59. The zero-order valence-electron chi connectivity index (χ0n) is 14.2. The van der Waals surface area contributed by atoms with Gasteiger partial charge < -0.3 is 5.32 Å². The first kappa shape index (κ1) is 16.7. The molecule has 24 heavy (non-hydrogen) atoms. The molecule has 5 nitrogen and oxygen atoms in total. The Labute approximate surface area is 142 Å². The van der Waals surface area contributed by atoms with E-state index < -0.39 is 0 Å². The van der Waals surface area contributed by atoms with Crippen LogP contribution in [-0.4, -0.2) is 17.5 Å². The second-order valence-electron chi connectivity index (χ2n) is 6.85. The molecule has 1 aromatic rings. The molecule has 2 N–H and O–H groups in total. The Morgan fingerprint density at radius 2 is 1.71 bits per heavy atom. The third-order valence-electron chi connectivity index (χ3n) is 4.81. The van der Waals surface area contributed by atoms with Crippen LogP contribution >= 0.6 is 0 Å². The summed E-state index contributed by atoms with van der Waals surface area (Å²) in [6.07, 6.45) is 7.38. The minimum atomic E-state index is 0.0206. The smallest absolute Gasteiger partial charge is 0.243 e. The molecule has 0 saturated heterocycles. The van der Waals surface area contributed by atoms with Crippen molar-refractivity contribution in [3.8, 4) is 0 Å². The first-order valence-corrected chi connectivity index (χ1v) is 8.89. The maximum atomic E-state index is 12.2. The Hall–Kier alpha value is -2.17. The molecule has 0 aromatic heterocycles. The number of rotatable bonds is 5. The Kier molecular flexibility index (Phi) is 5.28. The summed E-state index contributed by atoms with van der Waals surface area (Å²) >= 11 is 0. The first-order chi connectivity index (χ1) is 11.6. The molecule has 0 heterocycles. The van der Waals surface area contributed by atoms with Crippen LogP contribution in [0.4, 0.5) is 5.69 Å². The molecule has 0 bridgehead atoms. The van der Waals surface area contributed by atoms with Gasteiger partial charge in [-0.1, -0.05) is 31.4 Å². The van der Waals surface area contributed by atoms with Gasteiger partial charge in [0.25, 0.3) is 0 Å². The van der Waals surface area contributed by atoms with Gasteiger partial charge in [-0.15, -0.1) is 0 Å². The molecule has 0 radical (unpaired) electrons. The molecule has 3 rings (SSSR count). The van der Waals surface area contributed by atoms with Gasteiger partial charge in [-0.25, -0.2) is 5.43 Å². The lowest BCUT2D eigenvalue weighted by Crippen LogP contribution is -2.29. The second kappa shape index (κ2) is 7.60. The summed E-state index contributed by atoms with van der Waals surface area (Å²) in [7, 11) is 0. The number of hydrogen-bond acceptors (Lipinski definition) is 3. The van der Waals surface area contributed by atoms with E-state index >= 15 is 0 Å². The number of amides is 2. The van der Waals surface area contributed by atoms with Crippen molar-refractivity contribution in [3.05, 3.63) is 29.8 Å². The van der Waals surface area contributed by atoms with Gasteiger partial charge in [0.05, 0.1) is 5.71 Å². The van der Waals surface area contributed by atoms with Gasteiger partial charge in [0.15, 0.2) is 0 Å². The number of nitrogens with zero attached hydrogens (tertiary/aromatic N) is 1. The van der Waals surface area contributed by atoms with Crippen LogP contribution in [0.1, 0.15) is 57.4 Å². The van der Waals surface area contributed by atoms with Crippen molar-refractivity contribution in [1.29, 1.82) is 0 Å². The highest BCUT2D eigenvalue weighted by molar-refractivity contribution is 6.01. The van der Waals surface area contributed by atoms with Crippen LogP contribution in [0, 0.1) is 11.8 Å². The van der Waals surface area contributed by atoms with Crippen molar-refractivity contribution in [2.75, 3.05) is 5.32 Å². The third-order valence-corrected chi connectivity index (χ3v) is 4.81. The molecule has 0 atom stereocenters. The van der Waals surface area contributed by atoms with Gasteiger partial charge in [-0.3, -0.25) is 9.59 Å². The fourth-order valence-corrected chi connectivity index (χ4v) is 3.07. The van der Waals surface area contributed by atoms with Crippen LogP contribution in [-0.2, 0) is 9.59 Å². The average molecular weight is 327 g/mol. The van der Waals surface area contributed by atoms with Crippen molar-refractivity contribution in [1.82, 2.24) is 5.43 Å². The Bertz CT molecular complexity index is 644. The lowest BCUT2D eigenvalue weighted by atomic mass is 9.89. The molecule has 1 aromatic carbocycles. The minimum Gasteiger partial charge on any atom is -0.326 e. The molecular weight excluding hydrogens is 302 g/mol. The van der Waals surface area contributed by atoms with E-state index in [0.717, 1.165) is 55.5 Å². The predicted octanol–water partition coefficient (Wildman–Crippen LogP) is 3.46. The molecule has 128 valence electrons. The first-order valence-electron chi connectivity index (χ1n) is 8.89. The lowest BCUT2D eigenvalue weighted by Gasteiger charge is -2.19. The summed E-state index contributed by atoms with van der Waals surface area (Å²) < 4.78 is 0. The van der Waals surface area contributed by atoms with Crippen LogP contribution in [0.3, 0.4) is 0 Å². The van der Waals surface area contributed by atoms with Gasteiger partial charge >= 0.3 is 0 Å². The summed E-state index contributed by atoms with van der Waals surface area (Å²) in [4.78, 5) is 24.0. The van der Waals surface area contributed by atoms with E-state index in [1.165, 1.54) is 6.42 Å². The van der Waals surface area contributed by atoms with E-state index in [0.29, 0.717) is 0 Å². The quantitative estimate of drug-likeness (QED) is 0.642. The van der Waals surface area contributed by atoms with Crippen molar-refractivity contribution >= 4 is 23.2 Å². The molecule has 0 unspecified atom stereocenters. The van der Waals surface area contributed by atoms with E-state index in [1.807, 2.05) is 31.2 Å². The zero-order valence-corrected chi connectivity index (χ0v) is 14.2. The standard InChI is InChI=1S/C19H25N3O2/c1-13(21-22-19(24)14-6-3-2-4-7-14)16-8-5-9-17(12-16)20-18(23)15-10-11-15/h5,8-9,12,14-15H,2-4,6-7,10-11H2,1H3,(H,20,23)(H,22,24). The number of carbonyl (C=O) groups is 2. The molecule has 2 aliphatic carbocycles. The number of hydrazone groups is 1. The highest BCUT2D eigenvalue weighted by Crippen LogP contribution is 2.30. The number of benzene rings is 1. The van der Waals surface area contributed by atoms with Crippen LogP contribution < -0.4 is 10.7 Å². The summed E-state index contributed by atoms with van der Waals surface area (Å²) in [5, 5.41) is 7.18. The third kappa shape index (κ3) is 4.43. The fraction of sp³-hybridized carbons (Fsp3) is 0.526. The van der Waals surface area contributed by atoms with Crippen molar-refractivity contribution in [3.63, 3.8) is 0 Å². The van der Waals surface area contributed by atoms with Gasteiger partial charge in [0.1, 0.15) is 0 Å². The van der Waals surface area contributed by atoms with E-state index in [4.69, 9.17) is 0 Å². The van der Waals surface area contributed by atoms with Crippen LogP contribution in [0.5, 0.6) is 0 Å². The number of anilines is 1. The maximum absolute atomic E-state index is 12.2. The Balaban J connectivity index is 1.59. The fourth-order valence-electron chi connectivity index (χ4n) is 3.07. The summed E-state index contributed by atoms with van der Waals surface area (Å²) in [6.45, 7) is 1.86. The number of nitrogens with one attached hydrogen (secondary N) is 2. The molecule has 2 fully saturated rings. The van der Waals surface area contributed by atoms with Crippen molar-refractivity contribution < 1.29 is 9.59 Å². The maximum Gasteiger partial charge on any atom is 0.243 e. The number of carbonyl (C=O) groups excluding carboxylic acids is 2. The highest BCUT2D eigenvalue weighted by atomic mass is 16.2.